The molecule has 3 unspecified atom stereocenters. The van der Waals surface area contributed by atoms with Crippen LogP contribution in [0.25, 0.3) is 0 Å². The summed E-state index contributed by atoms with van der Waals surface area (Å²) < 4.78 is 39.7. The quantitative estimate of drug-likeness (QED) is 0.0197. The summed E-state index contributed by atoms with van der Waals surface area (Å²) in [6.45, 7) is 4.54. The lowest BCUT2D eigenvalue weighted by atomic mass is 10.0. The maximum atomic E-state index is 13.0. The van der Waals surface area contributed by atoms with Crippen molar-refractivity contribution in [2.75, 3.05) is 26.4 Å². The van der Waals surface area contributed by atoms with E-state index >= 15 is 0 Å². The fourth-order valence-electron chi connectivity index (χ4n) is 9.05. The van der Waals surface area contributed by atoms with E-state index in [-0.39, 0.29) is 25.9 Å². The zero-order valence-electron chi connectivity index (χ0n) is 50.4. The highest BCUT2D eigenvalue weighted by Gasteiger charge is 2.28. The first-order valence-corrected chi connectivity index (χ1v) is 33.7. The van der Waals surface area contributed by atoms with Gasteiger partial charge in [0.15, 0.2) is 6.10 Å². The Bertz CT molecular complexity index is 1540. The number of phosphoric ester groups is 1. The summed E-state index contributed by atoms with van der Waals surface area (Å²) in [5, 5.41) is 9.83. The minimum Gasteiger partial charge on any atom is -0.462 e. The number of allylic oxidation sites excluding steroid dienone is 10. The van der Waals surface area contributed by atoms with Crippen molar-refractivity contribution in [3.63, 3.8) is 0 Å². The van der Waals surface area contributed by atoms with Crippen LogP contribution < -0.4 is 0 Å². The Hall–Kier alpha value is -2.82. The van der Waals surface area contributed by atoms with Crippen molar-refractivity contribution in [3.05, 3.63) is 60.8 Å². The largest absolute Gasteiger partial charge is 0.472 e. The molecule has 78 heavy (non-hydrogen) atoms. The molecule has 0 spiro atoms. The SMILES string of the molecule is CC/C=C\C/C=C\C/C=C\C/C=C\CCCCCCCCC(=O)OC(COC(=O)CCCCCCCCCCCCCCCCCCCCC)COP(=O)(O)OCC(CO)OC(=O)CCCCCCC/C=C\CCCCCC. The molecule has 0 aromatic heterocycles. The molecule has 12 heteroatoms. The molecule has 0 fully saturated rings. The maximum Gasteiger partial charge on any atom is 0.472 e. The summed E-state index contributed by atoms with van der Waals surface area (Å²) in [6, 6.07) is 0. The van der Waals surface area contributed by atoms with Crippen molar-refractivity contribution in [1.82, 2.24) is 0 Å². The van der Waals surface area contributed by atoms with Gasteiger partial charge in [-0.25, -0.2) is 4.57 Å². The average Bonchev–Trinajstić information content (AvgIpc) is 3.43. The van der Waals surface area contributed by atoms with Gasteiger partial charge in [0, 0.05) is 19.3 Å². The Morgan fingerprint density at radius 1 is 0.372 bits per heavy atom. The van der Waals surface area contributed by atoms with Crippen molar-refractivity contribution >= 4 is 25.7 Å². The minimum atomic E-state index is -4.76. The molecule has 454 valence electrons. The molecule has 11 nitrogen and oxygen atoms in total. The second kappa shape index (κ2) is 60.3. The van der Waals surface area contributed by atoms with Gasteiger partial charge in [-0.3, -0.25) is 23.4 Å². The van der Waals surface area contributed by atoms with Crippen LogP contribution >= 0.6 is 7.82 Å². The Kier molecular flexibility index (Phi) is 58.1. The highest BCUT2D eigenvalue weighted by molar-refractivity contribution is 7.47. The Morgan fingerprint density at radius 2 is 0.667 bits per heavy atom. The van der Waals surface area contributed by atoms with E-state index in [1.807, 2.05) is 0 Å². The third-order valence-corrected chi connectivity index (χ3v) is 14.9. The summed E-state index contributed by atoms with van der Waals surface area (Å²) in [4.78, 5) is 48.7. The van der Waals surface area contributed by atoms with Crippen LogP contribution in [0.1, 0.15) is 303 Å². The number of carbonyl (C=O) groups excluding carboxylic acids is 3. The van der Waals surface area contributed by atoms with E-state index in [1.54, 1.807) is 0 Å². The van der Waals surface area contributed by atoms with Gasteiger partial charge < -0.3 is 24.2 Å². The molecule has 0 saturated heterocycles. The number of carbonyl (C=O) groups is 3. The van der Waals surface area contributed by atoms with E-state index < -0.39 is 57.8 Å². The number of phosphoric acid groups is 1. The van der Waals surface area contributed by atoms with Crippen molar-refractivity contribution in [2.45, 2.75) is 315 Å². The molecule has 3 atom stereocenters. The lowest BCUT2D eigenvalue weighted by Crippen LogP contribution is -2.30. The van der Waals surface area contributed by atoms with Crippen molar-refractivity contribution in [3.8, 4) is 0 Å². The number of esters is 3. The molecule has 0 aromatic rings. The van der Waals surface area contributed by atoms with Crippen molar-refractivity contribution in [2.24, 2.45) is 0 Å². The van der Waals surface area contributed by atoms with Gasteiger partial charge in [-0.1, -0.05) is 261 Å². The fraction of sp³-hybridized carbons (Fsp3) is 0.803. The molecule has 0 aromatic carbocycles. The lowest BCUT2D eigenvalue weighted by molar-refractivity contribution is -0.161. The Balaban J connectivity index is 4.71. The first-order valence-electron chi connectivity index (χ1n) is 32.2. The van der Waals surface area contributed by atoms with Crippen LogP contribution in [0.5, 0.6) is 0 Å². The van der Waals surface area contributed by atoms with Crippen molar-refractivity contribution in [1.29, 1.82) is 0 Å². The van der Waals surface area contributed by atoms with Crippen LogP contribution in [-0.2, 0) is 42.2 Å². The Labute approximate surface area is 478 Å². The van der Waals surface area contributed by atoms with Crippen LogP contribution in [0, 0.1) is 0 Å². The summed E-state index contributed by atoms with van der Waals surface area (Å²) in [5.74, 6) is -1.47. The summed E-state index contributed by atoms with van der Waals surface area (Å²) >= 11 is 0. The predicted octanol–water partition coefficient (Wildman–Crippen LogP) is 19.5. The second-order valence-corrected chi connectivity index (χ2v) is 23.0. The summed E-state index contributed by atoms with van der Waals surface area (Å²) in [5.41, 5.74) is 0. The second-order valence-electron chi connectivity index (χ2n) is 21.6. The molecule has 2 N–H and O–H groups in total. The molecule has 0 radical (unpaired) electrons. The van der Waals surface area contributed by atoms with Gasteiger partial charge in [0.25, 0.3) is 0 Å². The van der Waals surface area contributed by atoms with Crippen LogP contribution in [0.2, 0.25) is 0 Å². The molecule has 0 amide bonds. The third kappa shape index (κ3) is 57.9. The first kappa shape index (κ1) is 75.2. The third-order valence-electron chi connectivity index (χ3n) is 13.9. The number of hydrogen-bond donors (Lipinski definition) is 2. The number of rotatable bonds is 60. The van der Waals surface area contributed by atoms with Gasteiger partial charge in [0.1, 0.15) is 12.7 Å². The fourth-order valence-corrected chi connectivity index (χ4v) is 9.83. The van der Waals surface area contributed by atoms with Gasteiger partial charge in [0.2, 0.25) is 0 Å². The van der Waals surface area contributed by atoms with E-state index in [1.165, 1.54) is 122 Å². The number of ether oxygens (including phenoxy) is 3. The number of aliphatic hydroxyl groups is 1. The van der Waals surface area contributed by atoms with Gasteiger partial charge in [-0.2, -0.15) is 0 Å². The van der Waals surface area contributed by atoms with Crippen molar-refractivity contribution < 1.29 is 52.2 Å². The van der Waals surface area contributed by atoms with E-state index in [9.17, 15) is 28.9 Å². The van der Waals surface area contributed by atoms with Crippen LogP contribution in [0.4, 0.5) is 0 Å². The van der Waals surface area contributed by atoms with E-state index in [0.717, 1.165) is 122 Å². The van der Waals surface area contributed by atoms with Crippen LogP contribution in [0.15, 0.2) is 60.8 Å². The van der Waals surface area contributed by atoms with Gasteiger partial charge in [0.05, 0.1) is 19.8 Å². The zero-order chi connectivity index (χ0) is 56.9. The van der Waals surface area contributed by atoms with E-state index in [0.29, 0.717) is 19.3 Å². The highest BCUT2D eigenvalue weighted by atomic mass is 31.2. The highest BCUT2D eigenvalue weighted by Crippen LogP contribution is 2.43. The molecule has 0 aliphatic rings. The zero-order valence-corrected chi connectivity index (χ0v) is 51.3. The first-order chi connectivity index (χ1) is 38.2. The van der Waals surface area contributed by atoms with E-state index in [2.05, 4.69) is 81.5 Å². The molecular weight excluding hydrogens is 1000 g/mol. The molecule has 0 aliphatic carbocycles. The van der Waals surface area contributed by atoms with E-state index in [4.69, 9.17) is 23.3 Å². The smallest absolute Gasteiger partial charge is 0.462 e. The lowest BCUT2D eigenvalue weighted by Gasteiger charge is -2.21. The number of aliphatic hydroxyl groups excluding tert-OH is 1. The Morgan fingerprint density at radius 3 is 1.05 bits per heavy atom. The molecule has 0 heterocycles. The number of hydrogen-bond acceptors (Lipinski definition) is 10. The standard InChI is InChI=1S/C66H119O11P/c1-4-7-10-13-16-19-22-25-27-29-31-33-35-38-40-43-46-49-52-55-64(68)73-59-63(77-66(70)57-54-51-48-45-42-39-36-34-32-30-28-26-23-20-17-14-11-8-5-2)61-75-78(71,72)74-60-62(58-67)76-65(69)56-53-50-47-44-41-37-24-21-18-15-12-9-6-3/h8,11,17,20-21,24,26,28,32,34,62-63,67H,4-7,9-10,12-16,18-19,22-23,25,27,29-31,33,35-61H2,1-3H3,(H,71,72)/b11-8-,20-17-,24-21-,28-26-,34-32-. The number of unbranched alkanes of at least 4 members (excludes halogenated alkanes) is 33. The van der Waals surface area contributed by atoms with Gasteiger partial charge in [-0.15, -0.1) is 0 Å². The van der Waals surface area contributed by atoms with Crippen LogP contribution in [0.3, 0.4) is 0 Å². The topological polar surface area (TPSA) is 155 Å². The normalized spacial score (nSPS) is 13.7. The molecular formula is C66H119O11P. The monoisotopic (exact) mass is 1120 g/mol. The molecule has 0 bridgehead atoms. The average molecular weight is 1120 g/mol. The summed E-state index contributed by atoms with van der Waals surface area (Å²) in [7, 11) is -4.76. The summed E-state index contributed by atoms with van der Waals surface area (Å²) in [6.07, 6.45) is 67.4. The molecule has 0 aliphatic heterocycles. The molecule has 0 saturated carbocycles. The predicted molar refractivity (Wildman–Crippen MR) is 325 cm³/mol. The maximum absolute atomic E-state index is 13.0. The minimum absolute atomic E-state index is 0.152. The van der Waals surface area contributed by atoms with Crippen LogP contribution in [-0.4, -0.2) is 66.5 Å². The molecule has 0 rings (SSSR count). The van der Waals surface area contributed by atoms with Gasteiger partial charge >= 0.3 is 25.7 Å². The van der Waals surface area contributed by atoms with Gasteiger partial charge in [-0.05, 0) is 83.5 Å².